The van der Waals surface area contributed by atoms with Gasteiger partial charge in [-0.2, -0.15) is 11.8 Å². The van der Waals surface area contributed by atoms with Crippen LogP contribution in [-0.4, -0.2) is 30.5 Å². The molecule has 5 heteroatoms. The number of benzene rings is 1. The maximum Gasteiger partial charge on any atom is 0.253 e. The predicted octanol–water partition coefficient (Wildman–Crippen LogP) is 3.25. The van der Waals surface area contributed by atoms with Gasteiger partial charge >= 0.3 is 0 Å². The smallest absolute Gasteiger partial charge is 0.253 e. The highest BCUT2D eigenvalue weighted by molar-refractivity contribution is 7.99. The first-order chi connectivity index (χ1) is 8.58. The van der Waals surface area contributed by atoms with Crippen molar-refractivity contribution in [2.75, 3.05) is 24.7 Å². The Morgan fingerprint density at radius 1 is 1.50 bits per heavy atom. The number of hydrogen-bond donors (Lipinski definition) is 2. The number of carbonyl (C=O) groups excluding carboxylic acids is 1. The molecule has 0 aliphatic carbocycles. The van der Waals surface area contributed by atoms with E-state index >= 15 is 0 Å². The molecular weight excluding hydrogens is 268 g/mol. The van der Waals surface area contributed by atoms with Crippen LogP contribution in [0.25, 0.3) is 0 Å². The van der Waals surface area contributed by atoms with E-state index in [9.17, 15) is 4.79 Å². The first-order valence-corrected chi connectivity index (χ1v) is 7.59. The van der Waals surface area contributed by atoms with Crippen LogP contribution >= 0.6 is 23.4 Å². The highest BCUT2D eigenvalue weighted by atomic mass is 35.5. The fourth-order valence-electron chi connectivity index (χ4n) is 1.46. The number of amides is 1. The van der Waals surface area contributed by atoms with Crippen molar-refractivity contribution in [3.63, 3.8) is 0 Å². The van der Waals surface area contributed by atoms with Crippen LogP contribution in [-0.2, 0) is 0 Å². The van der Waals surface area contributed by atoms with Gasteiger partial charge in [0.1, 0.15) is 0 Å². The standard InChI is InChI=1S/C13H19ClN2OS/c1-4-15-12-6-5-10(14)7-11(12)13(17)16-8-9(2)18-3/h5-7,9,15H,4,8H2,1-3H3,(H,16,17). The maximum atomic E-state index is 12.1. The molecule has 2 N–H and O–H groups in total. The van der Waals surface area contributed by atoms with E-state index in [0.29, 0.717) is 22.4 Å². The molecule has 0 spiro atoms. The third-order valence-corrected chi connectivity index (χ3v) is 3.75. The summed E-state index contributed by atoms with van der Waals surface area (Å²) < 4.78 is 0. The average molecular weight is 287 g/mol. The SMILES string of the molecule is CCNc1ccc(Cl)cc1C(=O)NCC(C)SC. The fraction of sp³-hybridized carbons (Fsp3) is 0.462. The summed E-state index contributed by atoms with van der Waals surface area (Å²) in [6, 6.07) is 5.30. The number of thioether (sulfide) groups is 1. The summed E-state index contributed by atoms with van der Waals surface area (Å²) in [6.07, 6.45) is 2.03. The number of hydrogen-bond acceptors (Lipinski definition) is 3. The van der Waals surface area contributed by atoms with Gasteiger partial charge in [-0.25, -0.2) is 0 Å². The van der Waals surface area contributed by atoms with Gasteiger partial charge in [0.25, 0.3) is 5.91 Å². The molecule has 0 bridgehead atoms. The van der Waals surface area contributed by atoms with Crippen LogP contribution in [0.1, 0.15) is 24.2 Å². The predicted molar refractivity (Wildman–Crippen MR) is 80.9 cm³/mol. The summed E-state index contributed by atoms with van der Waals surface area (Å²) in [6.45, 7) is 5.49. The van der Waals surface area contributed by atoms with Gasteiger partial charge in [-0.05, 0) is 31.4 Å². The molecule has 1 aromatic rings. The molecule has 0 saturated carbocycles. The zero-order valence-electron chi connectivity index (χ0n) is 10.9. The molecule has 0 fully saturated rings. The summed E-state index contributed by atoms with van der Waals surface area (Å²) in [5.74, 6) is -0.0886. The monoisotopic (exact) mass is 286 g/mol. The molecule has 1 amide bonds. The summed E-state index contributed by atoms with van der Waals surface area (Å²) >= 11 is 7.66. The third-order valence-electron chi connectivity index (χ3n) is 2.55. The Morgan fingerprint density at radius 3 is 2.83 bits per heavy atom. The zero-order chi connectivity index (χ0) is 13.5. The van der Waals surface area contributed by atoms with Crippen molar-refractivity contribution < 1.29 is 4.79 Å². The Labute approximate surface area is 118 Å². The molecule has 0 radical (unpaired) electrons. The van der Waals surface area contributed by atoms with Crippen LogP contribution in [0.2, 0.25) is 5.02 Å². The molecular formula is C13H19ClN2OS. The molecule has 0 saturated heterocycles. The number of halogens is 1. The molecule has 0 aromatic heterocycles. The van der Waals surface area contributed by atoms with Gasteiger partial charge in [0.05, 0.1) is 5.56 Å². The fourth-order valence-corrected chi connectivity index (χ4v) is 1.89. The van der Waals surface area contributed by atoms with Gasteiger partial charge in [0, 0.05) is 29.0 Å². The van der Waals surface area contributed by atoms with Gasteiger partial charge in [-0.15, -0.1) is 0 Å². The van der Waals surface area contributed by atoms with E-state index < -0.39 is 0 Å². The van der Waals surface area contributed by atoms with E-state index in [1.54, 1.807) is 23.9 Å². The van der Waals surface area contributed by atoms with Crippen LogP contribution in [0.15, 0.2) is 18.2 Å². The van der Waals surface area contributed by atoms with Crippen molar-refractivity contribution in [2.24, 2.45) is 0 Å². The number of anilines is 1. The normalized spacial score (nSPS) is 12.0. The van der Waals surface area contributed by atoms with E-state index in [-0.39, 0.29) is 5.91 Å². The van der Waals surface area contributed by atoms with Gasteiger partial charge in [-0.3, -0.25) is 4.79 Å². The molecule has 0 aliphatic heterocycles. The van der Waals surface area contributed by atoms with Crippen LogP contribution < -0.4 is 10.6 Å². The van der Waals surface area contributed by atoms with Crippen molar-refractivity contribution in [1.82, 2.24) is 5.32 Å². The lowest BCUT2D eigenvalue weighted by molar-refractivity contribution is 0.0955. The minimum absolute atomic E-state index is 0.0886. The van der Waals surface area contributed by atoms with Gasteiger partial charge in [-0.1, -0.05) is 18.5 Å². The first-order valence-electron chi connectivity index (χ1n) is 5.92. The van der Waals surface area contributed by atoms with Crippen molar-refractivity contribution in [1.29, 1.82) is 0 Å². The molecule has 1 unspecified atom stereocenters. The van der Waals surface area contributed by atoms with Crippen LogP contribution in [0.5, 0.6) is 0 Å². The van der Waals surface area contributed by atoms with Crippen molar-refractivity contribution in [3.05, 3.63) is 28.8 Å². The summed E-state index contributed by atoms with van der Waals surface area (Å²) in [7, 11) is 0. The minimum Gasteiger partial charge on any atom is -0.385 e. The first kappa shape index (κ1) is 15.2. The van der Waals surface area contributed by atoms with E-state index in [1.165, 1.54) is 0 Å². The Morgan fingerprint density at radius 2 is 2.22 bits per heavy atom. The third kappa shape index (κ3) is 4.42. The summed E-state index contributed by atoms with van der Waals surface area (Å²) in [5, 5.41) is 7.05. The quantitative estimate of drug-likeness (QED) is 0.843. The lowest BCUT2D eigenvalue weighted by Crippen LogP contribution is -2.30. The Bertz CT molecular complexity index is 412. The highest BCUT2D eigenvalue weighted by Gasteiger charge is 2.12. The van der Waals surface area contributed by atoms with Gasteiger partial charge in [0.2, 0.25) is 0 Å². The van der Waals surface area contributed by atoms with Crippen LogP contribution in [0, 0.1) is 0 Å². The molecule has 18 heavy (non-hydrogen) atoms. The molecule has 1 aromatic carbocycles. The Hall–Kier alpha value is -0.870. The van der Waals surface area contributed by atoms with E-state index in [2.05, 4.69) is 17.6 Å². The molecule has 0 aliphatic rings. The van der Waals surface area contributed by atoms with E-state index in [4.69, 9.17) is 11.6 Å². The van der Waals surface area contributed by atoms with E-state index in [0.717, 1.165) is 12.2 Å². The minimum atomic E-state index is -0.0886. The summed E-state index contributed by atoms with van der Waals surface area (Å²) in [5.41, 5.74) is 1.41. The largest absolute Gasteiger partial charge is 0.385 e. The summed E-state index contributed by atoms with van der Waals surface area (Å²) in [4.78, 5) is 12.1. The molecule has 3 nitrogen and oxygen atoms in total. The lowest BCUT2D eigenvalue weighted by atomic mass is 10.1. The second-order valence-corrected chi connectivity index (χ2v) is 5.69. The Balaban J connectivity index is 2.79. The topological polar surface area (TPSA) is 41.1 Å². The number of nitrogens with one attached hydrogen (secondary N) is 2. The number of carbonyl (C=O) groups is 1. The second-order valence-electron chi connectivity index (χ2n) is 3.98. The molecule has 1 atom stereocenters. The van der Waals surface area contributed by atoms with Crippen LogP contribution in [0.4, 0.5) is 5.69 Å². The lowest BCUT2D eigenvalue weighted by Gasteiger charge is -2.13. The van der Waals surface area contributed by atoms with E-state index in [1.807, 2.05) is 19.2 Å². The molecule has 100 valence electrons. The molecule has 1 rings (SSSR count). The molecule has 0 heterocycles. The van der Waals surface area contributed by atoms with Gasteiger partial charge in [0.15, 0.2) is 0 Å². The highest BCUT2D eigenvalue weighted by Crippen LogP contribution is 2.20. The maximum absolute atomic E-state index is 12.1. The zero-order valence-corrected chi connectivity index (χ0v) is 12.5. The average Bonchev–Trinajstić information content (AvgIpc) is 2.37. The van der Waals surface area contributed by atoms with Gasteiger partial charge < -0.3 is 10.6 Å². The van der Waals surface area contributed by atoms with Crippen molar-refractivity contribution in [2.45, 2.75) is 19.1 Å². The van der Waals surface area contributed by atoms with Crippen molar-refractivity contribution >= 4 is 35.0 Å². The number of rotatable bonds is 6. The Kier molecular flexibility index (Phi) is 6.36. The second kappa shape index (κ2) is 7.54. The van der Waals surface area contributed by atoms with Crippen molar-refractivity contribution in [3.8, 4) is 0 Å². The van der Waals surface area contributed by atoms with Crippen LogP contribution in [0.3, 0.4) is 0 Å².